The highest BCUT2D eigenvalue weighted by atomic mass is 19.3. The first-order chi connectivity index (χ1) is 11.0. The number of aryl methyl sites for hydroxylation is 1. The molecule has 1 aliphatic carbocycles. The van der Waals surface area contributed by atoms with Crippen LogP contribution in [-0.2, 0) is 11.2 Å². The number of carbonyl (C=O) groups excluding carboxylic acids is 1. The molecular formula is C18H25F2NO2. The topological polar surface area (TPSA) is 29.5 Å². The van der Waals surface area contributed by atoms with Crippen molar-refractivity contribution in [3.8, 4) is 5.75 Å². The molecule has 0 saturated heterocycles. The van der Waals surface area contributed by atoms with Crippen LogP contribution >= 0.6 is 0 Å². The van der Waals surface area contributed by atoms with Crippen molar-refractivity contribution < 1.29 is 18.3 Å². The normalized spacial score (nSPS) is 21.3. The minimum atomic E-state index is -2.81. The van der Waals surface area contributed by atoms with Crippen molar-refractivity contribution in [1.29, 1.82) is 0 Å². The second-order valence-corrected chi connectivity index (χ2v) is 6.36. The number of hydrogen-bond donors (Lipinski definition) is 0. The second kappa shape index (κ2) is 8.27. The molecule has 5 heteroatoms. The summed E-state index contributed by atoms with van der Waals surface area (Å²) in [6.07, 6.45) is 5.77. The smallest absolute Gasteiger partial charge is 0.387 e. The maximum Gasteiger partial charge on any atom is 0.387 e. The molecule has 128 valence electrons. The van der Waals surface area contributed by atoms with E-state index < -0.39 is 6.61 Å². The number of alkyl halides is 2. The summed E-state index contributed by atoms with van der Waals surface area (Å²) in [6, 6.07) is 6.83. The van der Waals surface area contributed by atoms with Crippen LogP contribution in [0.2, 0.25) is 0 Å². The lowest BCUT2D eigenvalue weighted by molar-refractivity contribution is -0.133. The Morgan fingerprint density at radius 1 is 1.26 bits per heavy atom. The molecule has 2 unspecified atom stereocenters. The minimum Gasteiger partial charge on any atom is -0.435 e. The Balaban J connectivity index is 1.83. The maximum absolute atomic E-state index is 12.4. The van der Waals surface area contributed by atoms with Crippen LogP contribution < -0.4 is 4.74 Å². The molecular weight excluding hydrogens is 300 g/mol. The van der Waals surface area contributed by atoms with Gasteiger partial charge >= 0.3 is 6.61 Å². The van der Waals surface area contributed by atoms with Gasteiger partial charge in [-0.2, -0.15) is 8.78 Å². The van der Waals surface area contributed by atoms with E-state index in [2.05, 4.69) is 11.7 Å². The Morgan fingerprint density at radius 2 is 1.91 bits per heavy atom. The van der Waals surface area contributed by atoms with Gasteiger partial charge in [0.15, 0.2) is 0 Å². The number of hydrogen-bond acceptors (Lipinski definition) is 2. The van der Waals surface area contributed by atoms with E-state index in [0.29, 0.717) is 24.8 Å². The summed E-state index contributed by atoms with van der Waals surface area (Å²) in [4.78, 5) is 14.3. The van der Waals surface area contributed by atoms with Crippen LogP contribution in [0.15, 0.2) is 24.3 Å². The monoisotopic (exact) mass is 325 g/mol. The van der Waals surface area contributed by atoms with E-state index in [9.17, 15) is 13.6 Å². The Hall–Kier alpha value is -1.65. The number of benzene rings is 1. The molecule has 1 amide bonds. The molecule has 0 aliphatic heterocycles. The Kier molecular flexibility index (Phi) is 6.37. The number of carbonyl (C=O) groups is 1. The quantitative estimate of drug-likeness (QED) is 0.782. The third kappa shape index (κ3) is 5.19. The van der Waals surface area contributed by atoms with E-state index in [0.717, 1.165) is 12.0 Å². The van der Waals surface area contributed by atoms with E-state index >= 15 is 0 Å². The summed E-state index contributed by atoms with van der Waals surface area (Å²) in [5.41, 5.74) is 0.949. The standard InChI is InChI=1S/C18H25F2NO2/c1-13-5-3-4-6-16(13)21(2)17(22)12-9-14-7-10-15(11-8-14)23-18(19)20/h7-8,10-11,13,16,18H,3-6,9,12H2,1-2H3. The zero-order chi connectivity index (χ0) is 16.8. The van der Waals surface area contributed by atoms with Crippen molar-refractivity contribution in [2.24, 2.45) is 5.92 Å². The minimum absolute atomic E-state index is 0.142. The van der Waals surface area contributed by atoms with Crippen molar-refractivity contribution >= 4 is 5.91 Å². The van der Waals surface area contributed by atoms with Crippen molar-refractivity contribution in [2.75, 3.05) is 7.05 Å². The largest absolute Gasteiger partial charge is 0.435 e. The average Bonchev–Trinajstić information content (AvgIpc) is 2.53. The van der Waals surface area contributed by atoms with Crippen LogP contribution in [0, 0.1) is 5.92 Å². The van der Waals surface area contributed by atoms with E-state index in [1.165, 1.54) is 31.4 Å². The average molecular weight is 325 g/mol. The summed E-state index contributed by atoms with van der Waals surface area (Å²) < 4.78 is 28.5. The lowest BCUT2D eigenvalue weighted by atomic mass is 9.85. The van der Waals surface area contributed by atoms with E-state index in [-0.39, 0.29) is 11.7 Å². The fourth-order valence-corrected chi connectivity index (χ4v) is 3.32. The second-order valence-electron chi connectivity index (χ2n) is 6.36. The van der Waals surface area contributed by atoms with Gasteiger partial charge in [0.2, 0.25) is 5.91 Å². The van der Waals surface area contributed by atoms with Crippen LogP contribution in [-0.4, -0.2) is 30.5 Å². The predicted molar refractivity (Wildman–Crippen MR) is 85.6 cm³/mol. The number of ether oxygens (including phenoxy) is 1. The summed E-state index contributed by atoms with van der Waals surface area (Å²) in [5, 5.41) is 0. The summed E-state index contributed by atoms with van der Waals surface area (Å²) >= 11 is 0. The molecule has 2 rings (SSSR count). The van der Waals surface area contributed by atoms with Gasteiger partial charge in [-0.15, -0.1) is 0 Å². The molecule has 3 nitrogen and oxygen atoms in total. The number of rotatable bonds is 6. The molecule has 0 aromatic heterocycles. The van der Waals surface area contributed by atoms with Gasteiger partial charge in [0.05, 0.1) is 0 Å². The van der Waals surface area contributed by atoms with Gasteiger partial charge in [0, 0.05) is 19.5 Å². The van der Waals surface area contributed by atoms with Crippen LogP contribution in [0.4, 0.5) is 8.78 Å². The highest BCUT2D eigenvalue weighted by molar-refractivity contribution is 5.76. The summed E-state index contributed by atoms with van der Waals surface area (Å²) in [7, 11) is 1.90. The van der Waals surface area contributed by atoms with Gasteiger partial charge < -0.3 is 9.64 Å². The number of nitrogens with zero attached hydrogens (tertiary/aromatic N) is 1. The predicted octanol–water partition coefficient (Wildman–Crippen LogP) is 4.26. The molecule has 1 aliphatic rings. The molecule has 1 aromatic carbocycles. The Bertz CT molecular complexity index is 504. The SMILES string of the molecule is CC1CCCCC1N(C)C(=O)CCc1ccc(OC(F)F)cc1. The Labute approximate surface area is 136 Å². The van der Waals surface area contributed by atoms with Gasteiger partial charge in [-0.25, -0.2) is 0 Å². The summed E-state index contributed by atoms with van der Waals surface area (Å²) in [5.74, 6) is 0.850. The zero-order valence-corrected chi connectivity index (χ0v) is 13.8. The van der Waals surface area contributed by atoms with Crippen molar-refractivity contribution in [3.63, 3.8) is 0 Å². The molecule has 0 bridgehead atoms. The lowest BCUT2D eigenvalue weighted by Gasteiger charge is -2.36. The molecule has 0 heterocycles. The van der Waals surface area contributed by atoms with E-state index in [4.69, 9.17) is 0 Å². The first kappa shape index (κ1) is 17.7. The fourth-order valence-electron chi connectivity index (χ4n) is 3.32. The molecule has 0 spiro atoms. The number of halogens is 2. The van der Waals surface area contributed by atoms with Crippen LogP contribution in [0.3, 0.4) is 0 Å². The molecule has 23 heavy (non-hydrogen) atoms. The third-order valence-corrected chi connectivity index (χ3v) is 4.73. The van der Waals surface area contributed by atoms with Gasteiger partial charge in [-0.05, 0) is 42.9 Å². The fraction of sp³-hybridized carbons (Fsp3) is 0.611. The van der Waals surface area contributed by atoms with Gasteiger partial charge in [0.1, 0.15) is 5.75 Å². The van der Waals surface area contributed by atoms with Crippen LogP contribution in [0.1, 0.15) is 44.6 Å². The highest BCUT2D eigenvalue weighted by Gasteiger charge is 2.27. The molecule has 0 N–H and O–H groups in total. The third-order valence-electron chi connectivity index (χ3n) is 4.73. The lowest BCUT2D eigenvalue weighted by Crippen LogP contribution is -2.42. The van der Waals surface area contributed by atoms with Gasteiger partial charge in [0.25, 0.3) is 0 Å². The maximum atomic E-state index is 12.4. The zero-order valence-electron chi connectivity index (χ0n) is 13.8. The molecule has 1 fully saturated rings. The van der Waals surface area contributed by atoms with E-state index in [1.807, 2.05) is 11.9 Å². The number of amides is 1. The molecule has 2 atom stereocenters. The first-order valence-electron chi connectivity index (χ1n) is 8.27. The summed E-state index contributed by atoms with van der Waals surface area (Å²) in [6.45, 7) is -0.594. The van der Waals surface area contributed by atoms with Gasteiger partial charge in [-0.3, -0.25) is 4.79 Å². The molecule has 1 saturated carbocycles. The van der Waals surface area contributed by atoms with Gasteiger partial charge in [-0.1, -0.05) is 31.9 Å². The van der Waals surface area contributed by atoms with E-state index in [1.54, 1.807) is 12.1 Å². The van der Waals surface area contributed by atoms with Crippen molar-refractivity contribution in [3.05, 3.63) is 29.8 Å². The van der Waals surface area contributed by atoms with Crippen LogP contribution in [0.5, 0.6) is 5.75 Å². The van der Waals surface area contributed by atoms with Crippen LogP contribution in [0.25, 0.3) is 0 Å². The Morgan fingerprint density at radius 3 is 2.52 bits per heavy atom. The molecule has 0 radical (unpaired) electrons. The van der Waals surface area contributed by atoms with Crippen molar-refractivity contribution in [2.45, 2.75) is 58.1 Å². The van der Waals surface area contributed by atoms with Crippen molar-refractivity contribution in [1.82, 2.24) is 4.90 Å². The highest BCUT2D eigenvalue weighted by Crippen LogP contribution is 2.27. The molecule has 1 aromatic rings. The first-order valence-corrected chi connectivity index (χ1v) is 8.27.